The van der Waals surface area contributed by atoms with Crippen LogP contribution in [0.15, 0.2) is 24.3 Å². The van der Waals surface area contributed by atoms with E-state index in [-0.39, 0.29) is 11.2 Å². The van der Waals surface area contributed by atoms with Gasteiger partial charge >= 0.3 is 6.18 Å². The molecular weight excluding hydrogens is 289 g/mol. The largest absolute Gasteiger partial charge is 0.390 e. The Balaban J connectivity index is 2.73. The van der Waals surface area contributed by atoms with Gasteiger partial charge in [0, 0.05) is 0 Å². The Bertz CT molecular complexity index is 537. The first-order chi connectivity index (χ1) is 8.89. The molecule has 0 saturated carbocycles. The predicted molar refractivity (Wildman–Crippen MR) is 73.3 cm³/mol. The first kappa shape index (κ1) is 17.0. The minimum absolute atomic E-state index is 0.0479. The minimum Gasteiger partial charge on any atom is -0.228 e. The van der Waals surface area contributed by atoms with E-state index in [0.717, 1.165) is 5.56 Å². The quantitative estimate of drug-likeness (QED) is 0.846. The van der Waals surface area contributed by atoms with E-state index >= 15 is 0 Å². The molecule has 0 N–H and O–H groups in total. The van der Waals surface area contributed by atoms with Crippen LogP contribution in [0.4, 0.5) is 13.2 Å². The maximum atomic E-state index is 12.0. The first-order valence-electron chi connectivity index (χ1n) is 6.26. The fourth-order valence-electron chi connectivity index (χ4n) is 1.70. The van der Waals surface area contributed by atoms with E-state index in [9.17, 15) is 21.6 Å². The van der Waals surface area contributed by atoms with Crippen LogP contribution in [0.2, 0.25) is 0 Å². The Labute approximate surface area is 117 Å². The molecule has 1 aromatic carbocycles. The number of rotatable bonds is 4. The van der Waals surface area contributed by atoms with Crippen LogP contribution in [0, 0.1) is 0 Å². The molecule has 0 heterocycles. The topological polar surface area (TPSA) is 34.1 Å². The number of halogens is 3. The van der Waals surface area contributed by atoms with E-state index in [1.165, 1.54) is 0 Å². The van der Waals surface area contributed by atoms with Gasteiger partial charge in [-0.15, -0.1) is 0 Å². The van der Waals surface area contributed by atoms with Crippen molar-refractivity contribution in [1.82, 2.24) is 0 Å². The molecule has 6 heteroatoms. The van der Waals surface area contributed by atoms with E-state index in [0.29, 0.717) is 5.56 Å². The maximum Gasteiger partial charge on any atom is 0.390 e. The first-order valence-corrected chi connectivity index (χ1v) is 8.08. The van der Waals surface area contributed by atoms with Gasteiger partial charge in [-0.05, 0) is 16.5 Å². The van der Waals surface area contributed by atoms with Crippen LogP contribution in [-0.2, 0) is 21.0 Å². The fourth-order valence-corrected chi connectivity index (χ4v) is 3.09. The molecule has 0 spiro atoms. The average Bonchev–Trinajstić information content (AvgIpc) is 2.25. The Hall–Kier alpha value is -1.04. The van der Waals surface area contributed by atoms with Crippen molar-refractivity contribution in [2.75, 3.05) is 5.75 Å². The summed E-state index contributed by atoms with van der Waals surface area (Å²) >= 11 is 0. The summed E-state index contributed by atoms with van der Waals surface area (Å²) in [5.41, 5.74) is 1.52. The summed E-state index contributed by atoms with van der Waals surface area (Å²) in [6.07, 6.45) is -5.74. The van der Waals surface area contributed by atoms with Crippen molar-refractivity contribution in [2.24, 2.45) is 0 Å². The Morgan fingerprint density at radius 2 is 1.50 bits per heavy atom. The summed E-state index contributed by atoms with van der Waals surface area (Å²) in [7, 11) is -3.74. The van der Waals surface area contributed by atoms with Gasteiger partial charge < -0.3 is 0 Å². The highest BCUT2D eigenvalue weighted by molar-refractivity contribution is 7.90. The number of benzene rings is 1. The molecule has 0 aliphatic rings. The Morgan fingerprint density at radius 3 is 1.90 bits per heavy atom. The number of hydrogen-bond acceptors (Lipinski definition) is 2. The molecule has 0 saturated heterocycles. The monoisotopic (exact) mass is 308 g/mol. The summed E-state index contributed by atoms with van der Waals surface area (Å²) in [6, 6.07) is 6.95. The second kappa shape index (κ2) is 5.76. The van der Waals surface area contributed by atoms with Gasteiger partial charge in [0.1, 0.15) is 0 Å². The predicted octanol–water partition coefficient (Wildman–Crippen LogP) is 3.85. The number of sulfone groups is 1. The molecular formula is C14H19F3O2S. The van der Waals surface area contributed by atoms with Crippen molar-refractivity contribution >= 4 is 9.84 Å². The van der Waals surface area contributed by atoms with E-state index in [2.05, 4.69) is 0 Å². The average molecular weight is 308 g/mol. The van der Waals surface area contributed by atoms with Crippen molar-refractivity contribution in [3.63, 3.8) is 0 Å². The summed E-state index contributed by atoms with van der Waals surface area (Å²) in [4.78, 5) is 0. The van der Waals surface area contributed by atoms with E-state index in [1.807, 2.05) is 32.9 Å². The zero-order valence-electron chi connectivity index (χ0n) is 11.8. The summed E-state index contributed by atoms with van der Waals surface area (Å²) in [5.74, 6) is -1.22. The summed E-state index contributed by atoms with van der Waals surface area (Å²) in [6.45, 7) is 6.09. The molecule has 20 heavy (non-hydrogen) atoms. The van der Waals surface area contributed by atoms with Gasteiger partial charge in [-0.25, -0.2) is 8.42 Å². The lowest BCUT2D eigenvalue weighted by Gasteiger charge is -2.19. The van der Waals surface area contributed by atoms with Crippen molar-refractivity contribution < 1.29 is 21.6 Å². The van der Waals surface area contributed by atoms with Crippen molar-refractivity contribution in [3.05, 3.63) is 35.4 Å². The highest BCUT2D eigenvalue weighted by Crippen LogP contribution is 2.24. The van der Waals surface area contributed by atoms with Crippen LogP contribution in [-0.4, -0.2) is 20.3 Å². The Morgan fingerprint density at radius 1 is 1.00 bits per heavy atom. The molecule has 0 fully saturated rings. The third-order valence-electron chi connectivity index (χ3n) is 2.90. The zero-order valence-corrected chi connectivity index (χ0v) is 12.6. The highest BCUT2D eigenvalue weighted by Gasteiger charge is 2.29. The lowest BCUT2D eigenvalue weighted by molar-refractivity contribution is -0.129. The van der Waals surface area contributed by atoms with Crippen molar-refractivity contribution in [1.29, 1.82) is 0 Å². The van der Waals surface area contributed by atoms with Crippen LogP contribution in [0.5, 0.6) is 0 Å². The third-order valence-corrected chi connectivity index (χ3v) is 4.50. The van der Waals surface area contributed by atoms with E-state index in [1.54, 1.807) is 12.1 Å². The molecule has 0 radical (unpaired) electrons. The van der Waals surface area contributed by atoms with Crippen molar-refractivity contribution in [3.8, 4) is 0 Å². The van der Waals surface area contributed by atoms with Gasteiger partial charge in [0.25, 0.3) is 0 Å². The minimum atomic E-state index is -4.44. The SMILES string of the molecule is CC(C)(C)c1ccc(CS(=O)(=O)CCC(F)(F)F)cc1. The van der Waals surface area contributed by atoms with Crippen LogP contribution in [0.3, 0.4) is 0 Å². The van der Waals surface area contributed by atoms with Gasteiger partial charge in [0.05, 0.1) is 17.9 Å². The molecule has 2 nitrogen and oxygen atoms in total. The summed E-state index contributed by atoms with van der Waals surface area (Å²) in [5, 5.41) is 0. The van der Waals surface area contributed by atoms with Gasteiger partial charge in [0.2, 0.25) is 0 Å². The number of hydrogen-bond donors (Lipinski definition) is 0. The van der Waals surface area contributed by atoms with Crippen LogP contribution in [0.25, 0.3) is 0 Å². The molecule has 114 valence electrons. The molecule has 0 aliphatic heterocycles. The number of alkyl halides is 3. The molecule has 0 aliphatic carbocycles. The van der Waals surface area contributed by atoms with E-state index < -0.39 is 28.2 Å². The molecule has 0 bridgehead atoms. The fraction of sp³-hybridized carbons (Fsp3) is 0.571. The molecule has 1 rings (SSSR count). The standard InChI is InChI=1S/C14H19F3O2S/c1-13(2,3)12-6-4-11(5-7-12)10-20(18,19)9-8-14(15,16)17/h4-7H,8-10H2,1-3H3. The molecule has 0 amide bonds. The normalized spacial score (nSPS) is 13.5. The van der Waals surface area contributed by atoms with Crippen LogP contribution in [0.1, 0.15) is 38.3 Å². The zero-order chi connectivity index (χ0) is 15.6. The second-order valence-corrected chi connectivity index (χ2v) is 8.09. The third kappa shape index (κ3) is 5.94. The van der Waals surface area contributed by atoms with Gasteiger partial charge in [-0.3, -0.25) is 0 Å². The second-order valence-electron chi connectivity index (χ2n) is 5.90. The lowest BCUT2D eigenvalue weighted by Crippen LogP contribution is -2.17. The molecule has 0 aromatic heterocycles. The summed E-state index contributed by atoms with van der Waals surface area (Å²) < 4.78 is 59.4. The molecule has 1 aromatic rings. The van der Waals surface area contributed by atoms with Crippen LogP contribution < -0.4 is 0 Å². The van der Waals surface area contributed by atoms with Crippen LogP contribution >= 0.6 is 0 Å². The highest BCUT2D eigenvalue weighted by atomic mass is 32.2. The van der Waals surface area contributed by atoms with Gasteiger partial charge in [0.15, 0.2) is 9.84 Å². The Kier molecular flexibility index (Phi) is 4.90. The molecule has 0 atom stereocenters. The smallest absolute Gasteiger partial charge is 0.228 e. The maximum absolute atomic E-state index is 12.0. The molecule has 0 unspecified atom stereocenters. The lowest BCUT2D eigenvalue weighted by atomic mass is 9.87. The van der Waals surface area contributed by atoms with Gasteiger partial charge in [-0.1, -0.05) is 45.0 Å². The van der Waals surface area contributed by atoms with Crippen molar-refractivity contribution in [2.45, 2.75) is 44.5 Å². The van der Waals surface area contributed by atoms with E-state index in [4.69, 9.17) is 0 Å². The van der Waals surface area contributed by atoms with Gasteiger partial charge in [-0.2, -0.15) is 13.2 Å².